The molecule has 0 saturated carbocycles. The van der Waals surface area contributed by atoms with E-state index in [4.69, 9.17) is 4.74 Å². The standard InChI is InChI=1S/C22H35NO2/c1-4-7-18-10-13-23(14-11-18)15-12-21(24)20-8-9-22(25-16-5-2)19(6-3)17-20/h8-9,17-18H,4-7,10-16H2,1-3H3. The fraction of sp³-hybridized carbons (Fsp3) is 0.682. The lowest BCUT2D eigenvalue weighted by Crippen LogP contribution is -2.35. The van der Waals surface area contributed by atoms with Gasteiger partial charge in [0.2, 0.25) is 0 Å². The Morgan fingerprint density at radius 3 is 2.56 bits per heavy atom. The number of ketones is 1. The van der Waals surface area contributed by atoms with Crippen LogP contribution in [0.15, 0.2) is 18.2 Å². The summed E-state index contributed by atoms with van der Waals surface area (Å²) in [7, 11) is 0. The highest BCUT2D eigenvalue weighted by atomic mass is 16.5. The number of rotatable bonds is 10. The van der Waals surface area contributed by atoms with E-state index in [0.717, 1.165) is 61.9 Å². The smallest absolute Gasteiger partial charge is 0.164 e. The van der Waals surface area contributed by atoms with Crippen LogP contribution < -0.4 is 4.74 Å². The van der Waals surface area contributed by atoms with Crippen molar-refractivity contribution >= 4 is 5.78 Å². The van der Waals surface area contributed by atoms with Gasteiger partial charge in [0.1, 0.15) is 5.75 Å². The van der Waals surface area contributed by atoms with Crippen molar-refractivity contribution in [2.45, 2.75) is 65.7 Å². The molecule has 1 fully saturated rings. The van der Waals surface area contributed by atoms with Crippen LogP contribution in [0.4, 0.5) is 0 Å². The third kappa shape index (κ3) is 6.14. The number of likely N-dealkylation sites (tertiary alicyclic amines) is 1. The summed E-state index contributed by atoms with van der Waals surface area (Å²) < 4.78 is 5.78. The molecular formula is C22H35NO2. The van der Waals surface area contributed by atoms with Gasteiger partial charge in [0, 0.05) is 18.5 Å². The van der Waals surface area contributed by atoms with Crippen molar-refractivity contribution in [1.29, 1.82) is 0 Å². The molecule has 3 heteroatoms. The Morgan fingerprint density at radius 2 is 1.92 bits per heavy atom. The molecule has 0 radical (unpaired) electrons. The molecule has 0 spiro atoms. The number of benzene rings is 1. The number of hydrogen-bond acceptors (Lipinski definition) is 3. The predicted molar refractivity (Wildman–Crippen MR) is 105 cm³/mol. The van der Waals surface area contributed by atoms with E-state index in [1.807, 2.05) is 18.2 Å². The lowest BCUT2D eigenvalue weighted by molar-refractivity contribution is 0.0949. The molecule has 140 valence electrons. The van der Waals surface area contributed by atoms with Gasteiger partial charge in [-0.15, -0.1) is 0 Å². The summed E-state index contributed by atoms with van der Waals surface area (Å²) in [4.78, 5) is 15.0. The summed E-state index contributed by atoms with van der Waals surface area (Å²) in [6.45, 7) is 10.4. The second kappa shape index (κ2) is 10.6. The van der Waals surface area contributed by atoms with Gasteiger partial charge < -0.3 is 9.64 Å². The molecule has 0 aromatic heterocycles. The summed E-state index contributed by atoms with van der Waals surface area (Å²) in [5.74, 6) is 2.09. The molecule has 1 aliphatic heterocycles. The molecule has 1 heterocycles. The highest BCUT2D eigenvalue weighted by Gasteiger charge is 2.19. The zero-order chi connectivity index (χ0) is 18.1. The van der Waals surface area contributed by atoms with E-state index in [9.17, 15) is 4.79 Å². The minimum atomic E-state index is 0.257. The number of aryl methyl sites for hydroxylation is 1. The molecule has 1 saturated heterocycles. The maximum atomic E-state index is 12.6. The summed E-state index contributed by atoms with van der Waals surface area (Å²) >= 11 is 0. The number of ether oxygens (including phenoxy) is 1. The summed E-state index contributed by atoms with van der Waals surface area (Å²) in [5, 5.41) is 0. The van der Waals surface area contributed by atoms with Crippen molar-refractivity contribution < 1.29 is 9.53 Å². The van der Waals surface area contributed by atoms with Crippen molar-refractivity contribution in [2.75, 3.05) is 26.2 Å². The number of carbonyl (C=O) groups is 1. The molecule has 0 aliphatic carbocycles. The number of Topliss-reactive ketones (excluding diaryl/α,β-unsaturated/α-hetero) is 1. The number of nitrogens with zero attached hydrogens (tertiary/aromatic N) is 1. The highest BCUT2D eigenvalue weighted by Crippen LogP contribution is 2.23. The molecule has 0 atom stereocenters. The first-order chi connectivity index (χ1) is 12.2. The third-order valence-corrected chi connectivity index (χ3v) is 5.28. The highest BCUT2D eigenvalue weighted by molar-refractivity contribution is 5.96. The molecule has 0 amide bonds. The zero-order valence-electron chi connectivity index (χ0n) is 16.4. The number of carbonyl (C=O) groups excluding carboxylic acids is 1. The Kier molecular flexibility index (Phi) is 8.47. The lowest BCUT2D eigenvalue weighted by Gasteiger charge is -2.31. The van der Waals surface area contributed by atoms with Gasteiger partial charge in [-0.3, -0.25) is 4.79 Å². The normalized spacial score (nSPS) is 16.1. The molecule has 1 aliphatic rings. The molecule has 25 heavy (non-hydrogen) atoms. The van der Waals surface area contributed by atoms with Gasteiger partial charge in [-0.25, -0.2) is 0 Å². The first-order valence-corrected chi connectivity index (χ1v) is 10.2. The number of hydrogen-bond donors (Lipinski definition) is 0. The lowest BCUT2D eigenvalue weighted by atomic mass is 9.92. The molecule has 1 aromatic rings. The van der Waals surface area contributed by atoms with Gasteiger partial charge in [-0.1, -0.05) is 33.6 Å². The minimum Gasteiger partial charge on any atom is -0.493 e. The Labute approximate surface area is 153 Å². The third-order valence-electron chi connectivity index (χ3n) is 5.28. The molecule has 3 nitrogen and oxygen atoms in total. The maximum Gasteiger partial charge on any atom is 0.164 e. The molecule has 0 unspecified atom stereocenters. The van der Waals surface area contributed by atoms with Crippen LogP contribution in [0.1, 0.15) is 75.2 Å². The monoisotopic (exact) mass is 345 g/mol. The van der Waals surface area contributed by atoms with Gasteiger partial charge in [0.25, 0.3) is 0 Å². The first-order valence-electron chi connectivity index (χ1n) is 10.2. The van der Waals surface area contributed by atoms with Crippen LogP contribution >= 0.6 is 0 Å². The van der Waals surface area contributed by atoms with Crippen molar-refractivity contribution in [3.05, 3.63) is 29.3 Å². The first kappa shape index (κ1) is 20.0. The van der Waals surface area contributed by atoms with Crippen molar-refractivity contribution in [2.24, 2.45) is 5.92 Å². The van der Waals surface area contributed by atoms with E-state index in [-0.39, 0.29) is 5.78 Å². The van der Waals surface area contributed by atoms with E-state index in [0.29, 0.717) is 6.42 Å². The summed E-state index contributed by atoms with van der Waals surface area (Å²) in [6, 6.07) is 5.93. The van der Waals surface area contributed by atoms with Crippen LogP contribution in [0.3, 0.4) is 0 Å². The Morgan fingerprint density at radius 1 is 1.16 bits per heavy atom. The van der Waals surface area contributed by atoms with Crippen molar-refractivity contribution in [3.63, 3.8) is 0 Å². The van der Waals surface area contributed by atoms with E-state index in [1.54, 1.807) is 0 Å². The average molecular weight is 346 g/mol. The molecular weight excluding hydrogens is 310 g/mol. The van der Waals surface area contributed by atoms with Crippen molar-refractivity contribution in [1.82, 2.24) is 4.90 Å². The van der Waals surface area contributed by atoms with Crippen LogP contribution in [-0.4, -0.2) is 36.9 Å². The molecule has 0 N–H and O–H groups in total. The van der Waals surface area contributed by atoms with E-state index in [2.05, 4.69) is 25.7 Å². The van der Waals surface area contributed by atoms with Crippen LogP contribution in [0, 0.1) is 5.92 Å². The van der Waals surface area contributed by atoms with Crippen molar-refractivity contribution in [3.8, 4) is 5.75 Å². The van der Waals surface area contributed by atoms with Crippen LogP contribution in [-0.2, 0) is 6.42 Å². The summed E-state index contributed by atoms with van der Waals surface area (Å²) in [6.07, 6.45) is 7.76. The van der Waals surface area contributed by atoms with Gasteiger partial charge in [0.05, 0.1) is 6.61 Å². The maximum absolute atomic E-state index is 12.6. The Hall–Kier alpha value is -1.35. The van der Waals surface area contributed by atoms with E-state index in [1.165, 1.54) is 25.7 Å². The van der Waals surface area contributed by atoms with Crippen LogP contribution in [0.5, 0.6) is 5.75 Å². The quantitative estimate of drug-likeness (QED) is 0.551. The predicted octanol–water partition coefficient (Wildman–Crippen LogP) is 5.12. The fourth-order valence-electron chi connectivity index (χ4n) is 3.69. The van der Waals surface area contributed by atoms with Gasteiger partial charge >= 0.3 is 0 Å². The minimum absolute atomic E-state index is 0.257. The van der Waals surface area contributed by atoms with Gasteiger partial charge in [-0.2, -0.15) is 0 Å². The SMILES string of the molecule is CCCOc1ccc(C(=O)CCN2CCC(CCC)CC2)cc1CC. The summed E-state index contributed by atoms with van der Waals surface area (Å²) in [5.41, 5.74) is 1.97. The van der Waals surface area contributed by atoms with Gasteiger partial charge in [-0.05, 0) is 68.5 Å². The van der Waals surface area contributed by atoms with E-state index >= 15 is 0 Å². The Balaban J connectivity index is 1.84. The second-order valence-corrected chi connectivity index (χ2v) is 7.27. The number of piperidine rings is 1. The molecule has 2 rings (SSSR count). The van der Waals surface area contributed by atoms with Gasteiger partial charge in [0.15, 0.2) is 5.78 Å². The Bertz CT molecular complexity index is 533. The van der Waals surface area contributed by atoms with Crippen LogP contribution in [0.25, 0.3) is 0 Å². The average Bonchev–Trinajstić information content (AvgIpc) is 2.65. The van der Waals surface area contributed by atoms with E-state index < -0.39 is 0 Å². The zero-order valence-corrected chi connectivity index (χ0v) is 16.4. The van der Waals surface area contributed by atoms with Crippen LogP contribution in [0.2, 0.25) is 0 Å². The fourth-order valence-corrected chi connectivity index (χ4v) is 3.69. The topological polar surface area (TPSA) is 29.5 Å². The molecule has 1 aromatic carbocycles. The largest absolute Gasteiger partial charge is 0.493 e. The second-order valence-electron chi connectivity index (χ2n) is 7.27. The molecule has 0 bridgehead atoms.